The summed E-state index contributed by atoms with van der Waals surface area (Å²) in [5.41, 5.74) is 0.725. The Morgan fingerprint density at radius 3 is 2.40 bits per heavy atom. The smallest absolute Gasteiger partial charge is 0.303 e. The number of aliphatic carboxylic acids is 1. The van der Waals surface area contributed by atoms with Crippen molar-refractivity contribution in [1.82, 2.24) is 0 Å². The fourth-order valence-corrected chi connectivity index (χ4v) is 3.82. The molecule has 2 aliphatic carbocycles. The Kier molecular flexibility index (Phi) is 2.36. The highest BCUT2D eigenvalue weighted by molar-refractivity contribution is 5.67. The fraction of sp³-hybridized carbons (Fsp3) is 0.923. The molecule has 0 bridgehead atoms. The van der Waals surface area contributed by atoms with Crippen molar-refractivity contribution >= 4 is 5.97 Å². The van der Waals surface area contributed by atoms with Crippen LogP contribution in [-0.2, 0) is 4.79 Å². The lowest BCUT2D eigenvalue weighted by molar-refractivity contribution is -0.141. The van der Waals surface area contributed by atoms with Crippen molar-refractivity contribution in [2.24, 2.45) is 22.7 Å². The highest BCUT2D eigenvalue weighted by atomic mass is 16.4. The molecule has 86 valence electrons. The molecule has 0 radical (unpaired) electrons. The maximum Gasteiger partial charge on any atom is 0.303 e. The zero-order valence-electron chi connectivity index (χ0n) is 10.0. The van der Waals surface area contributed by atoms with Gasteiger partial charge < -0.3 is 5.11 Å². The highest BCUT2D eigenvalue weighted by Gasteiger charge is 2.60. The summed E-state index contributed by atoms with van der Waals surface area (Å²) in [6.45, 7) is 6.82. The van der Waals surface area contributed by atoms with Gasteiger partial charge >= 0.3 is 5.97 Å². The first-order valence-corrected chi connectivity index (χ1v) is 6.11. The second-order valence-corrected chi connectivity index (χ2v) is 6.22. The van der Waals surface area contributed by atoms with Crippen molar-refractivity contribution < 1.29 is 9.90 Å². The SMILES string of the molecule is CC1CCC2(CC2)C(C)(C)[C@@H]1CC(=O)O. The van der Waals surface area contributed by atoms with Gasteiger partial charge in [-0.05, 0) is 48.3 Å². The molecule has 1 N–H and O–H groups in total. The molecule has 0 aromatic carbocycles. The topological polar surface area (TPSA) is 37.3 Å². The van der Waals surface area contributed by atoms with Crippen LogP contribution in [0.2, 0.25) is 0 Å². The Labute approximate surface area is 92.1 Å². The van der Waals surface area contributed by atoms with E-state index in [4.69, 9.17) is 5.11 Å². The zero-order chi connectivity index (χ0) is 11.3. The van der Waals surface area contributed by atoms with E-state index >= 15 is 0 Å². The van der Waals surface area contributed by atoms with Gasteiger partial charge in [0.05, 0.1) is 0 Å². The summed E-state index contributed by atoms with van der Waals surface area (Å²) in [6.07, 6.45) is 5.54. The van der Waals surface area contributed by atoms with Gasteiger partial charge in [0.15, 0.2) is 0 Å². The molecule has 0 aromatic heterocycles. The van der Waals surface area contributed by atoms with Crippen molar-refractivity contribution in [3.05, 3.63) is 0 Å². The van der Waals surface area contributed by atoms with Crippen LogP contribution in [-0.4, -0.2) is 11.1 Å². The van der Waals surface area contributed by atoms with Crippen LogP contribution in [0.5, 0.6) is 0 Å². The van der Waals surface area contributed by atoms with Gasteiger partial charge in [-0.3, -0.25) is 4.79 Å². The van der Waals surface area contributed by atoms with Crippen LogP contribution in [0.3, 0.4) is 0 Å². The van der Waals surface area contributed by atoms with Crippen molar-refractivity contribution in [2.45, 2.75) is 52.9 Å². The van der Waals surface area contributed by atoms with Crippen molar-refractivity contribution in [3.63, 3.8) is 0 Å². The molecule has 0 saturated heterocycles. The third-order valence-corrected chi connectivity index (χ3v) is 5.31. The highest BCUT2D eigenvalue weighted by Crippen LogP contribution is 2.68. The summed E-state index contributed by atoms with van der Waals surface area (Å²) < 4.78 is 0. The van der Waals surface area contributed by atoms with Crippen LogP contribution in [0.4, 0.5) is 0 Å². The van der Waals surface area contributed by atoms with Crippen LogP contribution in [0.15, 0.2) is 0 Å². The molecule has 0 aliphatic heterocycles. The van der Waals surface area contributed by atoms with Gasteiger partial charge in [0.25, 0.3) is 0 Å². The molecule has 2 fully saturated rings. The van der Waals surface area contributed by atoms with Gasteiger partial charge in [0, 0.05) is 6.42 Å². The number of hydrogen-bond acceptors (Lipinski definition) is 1. The fourth-order valence-electron chi connectivity index (χ4n) is 3.82. The minimum atomic E-state index is -0.627. The van der Waals surface area contributed by atoms with E-state index < -0.39 is 5.97 Å². The normalized spacial score (nSPS) is 36.5. The van der Waals surface area contributed by atoms with Crippen molar-refractivity contribution in [2.75, 3.05) is 0 Å². The maximum absolute atomic E-state index is 10.9. The van der Waals surface area contributed by atoms with Gasteiger partial charge in [-0.15, -0.1) is 0 Å². The van der Waals surface area contributed by atoms with Crippen LogP contribution >= 0.6 is 0 Å². The number of hydrogen-bond donors (Lipinski definition) is 1. The van der Waals surface area contributed by atoms with Gasteiger partial charge in [-0.2, -0.15) is 0 Å². The van der Waals surface area contributed by atoms with Crippen molar-refractivity contribution in [1.29, 1.82) is 0 Å². The molecule has 1 unspecified atom stereocenters. The summed E-state index contributed by atoms with van der Waals surface area (Å²) in [6, 6.07) is 0. The third kappa shape index (κ3) is 1.58. The minimum Gasteiger partial charge on any atom is -0.481 e. The Morgan fingerprint density at radius 1 is 1.33 bits per heavy atom. The molecule has 0 aromatic rings. The number of carboxylic acid groups (broad SMARTS) is 1. The Balaban J connectivity index is 2.20. The van der Waals surface area contributed by atoms with Crippen LogP contribution in [0.1, 0.15) is 52.9 Å². The van der Waals surface area contributed by atoms with Gasteiger partial charge in [0.1, 0.15) is 0 Å². The average molecular weight is 210 g/mol. The van der Waals surface area contributed by atoms with Crippen LogP contribution in [0.25, 0.3) is 0 Å². The Hall–Kier alpha value is -0.530. The lowest BCUT2D eigenvalue weighted by atomic mass is 9.55. The predicted molar refractivity (Wildman–Crippen MR) is 59.6 cm³/mol. The van der Waals surface area contributed by atoms with Gasteiger partial charge in [-0.25, -0.2) is 0 Å². The first kappa shape index (κ1) is 11.0. The van der Waals surface area contributed by atoms with E-state index in [2.05, 4.69) is 20.8 Å². The third-order valence-electron chi connectivity index (χ3n) is 5.31. The van der Waals surface area contributed by atoms with E-state index in [1.54, 1.807) is 0 Å². The standard InChI is InChI=1S/C13H22O2/c1-9-4-5-13(6-7-13)12(2,3)10(9)8-11(14)15/h9-10H,4-8H2,1-3H3,(H,14,15)/t9?,10-/m1/s1. The molecule has 1 spiro atoms. The molecule has 2 nitrogen and oxygen atoms in total. The van der Waals surface area contributed by atoms with E-state index in [1.807, 2.05) is 0 Å². The largest absolute Gasteiger partial charge is 0.481 e. The minimum absolute atomic E-state index is 0.225. The average Bonchev–Trinajstić information content (AvgIpc) is 2.89. The quantitative estimate of drug-likeness (QED) is 0.759. The lowest BCUT2D eigenvalue weighted by Crippen LogP contribution is -2.43. The molecule has 2 heteroatoms. The lowest BCUT2D eigenvalue weighted by Gasteiger charge is -2.49. The molecule has 2 saturated carbocycles. The number of carbonyl (C=O) groups is 1. The molecular formula is C13H22O2. The summed E-state index contributed by atoms with van der Waals surface area (Å²) in [5.74, 6) is 0.311. The second kappa shape index (κ2) is 3.23. The molecule has 2 rings (SSSR count). The maximum atomic E-state index is 10.9. The predicted octanol–water partition coefficient (Wildman–Crippen LogP) is 3.31. The van der Waals surface area contributed by atoms with E-state index in [0.717, 1.165) is 0 Å². The zero-order valence-corrected chi connectivity index (χ0v) is 10.0. The summed E-state index contributed by atoms with van der Waals surface area (Å²) in [7, 11) is 0. The molecular weight excluding hydrogens is 188 g/mol. The van der Waals surface area contributed by atoms with E-state index in [-0.39, 0.29) is 5.41 Å². The molecule has 2 aliphatic rings. The molecule has 0 heterocycles. The number of rotatable bonds is 2. The second-order valence-electron chi connectivity index (χ2n) is 6.22. The summed E-state index contributed by atoms with van der Waals surface area (Å²) in [5, 5.41) is 9.01. The van der Waals surface area contributed by atoms with Gasteiger partial charge in [0.2, 0.25) is 0 Å². The Morgan fingerprint density at radius 2 is 1.93 bits per heavy atom. The number of carboxylic acids is 1. The Bertz CT molecular complexity index is 276. The van der Waals surface area contributed by atoms with E-state index in [9.17, 15) is 4.79 Å². The monoisotopic (exact) mass is 210 g/mol. The summed E-state index contributed by atoms with van der Waals surface area (Å²) >= 11 is 0. The first-order valence-electron chi connectivity index (χ1n) is 6.11. The van der Waals surface area contributed by atoms with E-state index in [1.165, 1.54) is 25.7 Å². The van der Waals surface area contributed by atoms with Crippen molar-refractivity contribution in [3.8, 4) is 0 Å². The van der Waals surface area contributed by atoms with E-state index in [0.29, 0.717) is 23.7 Å². The van der Waals surface area contributed by atoms with Crippen LogP contribution in [0, 0.1) is 22.7 Å². The first-order chi connectivity index (χ1) is 6.89. The molecule has 15 heavy (non-hydrogen) atoms. The van der Waals surface area contributed by atoms with Gasteiger partial charge in [-0.1, -0.05) is 20.8 Å². The molecule has 2 atom stereocenters. The van der Waals surface area contributed by atoms with Crippen LogP contribution < -0.4 is 0 Å². The molecule has 0 amide bonds. The summed E-state index contributed by atoms with van der Waals surface area (Å²) in [4.78, 5) is 10.9.